The van der Waals surface area contributed by atoms with Crippen LogP contribution in [0.1, 0.15) is 30.6 Å². The molecule has 0 aliphatic heterocycles. The van der Waals surface area contributed by atoms with Gasteiger partial charge in [0.05, 0.1) is 5.69 Å². The van der Waals surface area contributed by atoms with Gasteiger partial charge in [0, 0.05) is 18.7 Å². The van der Waals surface area contributed by atoms with Crippen LogP contribution in [-0.2, 0) is 0 Å². The van der Waals surface area contributed by atoms with E-state index >= 15 is 0 Å². The number of hydrogen-bond acceptors (Lipinski definition) is 3. The third-order valence-electron chi connectivity index (χ3n) is 2.68. The Labute approximate surface area is 101 Å². The van der Waals surface area contributed by atoms with Crippen molar-refractivity contribution in [2.45, 2.75) is 26.3 Å². The molecule has 1 aromatic carbocycles. The topological polar surface area (TPSA) is 71.1 Å². The van der Waals surface area contributed by atoms with E-state index in [0.717, 1.165) is 6.42 Å². The average Bonchev–Trinajstić information content (AvgIpc) is 2.35. The summed E-state index contributed by atoms with van der Waals surface area (Å²) in [5, 5.41) is 9.96. The minimum absolute atomic E-state index is 0.351. The zero-order valence-corrected chi connectivity index (χ0v) is 10.4. The molecule has 0 fully saturated rings. The number of carbonyl (C=O) groups is 1. The highest BCUT2D eigenvalue weighted by molar-refractivity contribution is 5.92. The number of nitrogens with two attached hydrogens (primary N) is 1. The highest BCUT2D eigenvalue weighted by atomic mass is 16.1. The monoisotopic (exact) mass is 234 g/mol. The maximum atomic E-state index is 10.9. The normalized spacial score (nSPS) is 12.6. The van der Waals surface area contributed by atoms with Gasteiger partial charge in [-0.1, -0.05) is 12.1 Å². The van der Waals surface area contributed by atoms with Crippen LogP contribution in [0.5, 0.6) is 0 Å². The molecule has 2 N–H and O–H groups in total. The number of rotatable bonds is 5. The summed E-state index contributed by atoms with van der Waals surface area (Å²) in [6, 6.07) is 7.06. The highest BCUT2D eigenvalue weighted by Crippen LogP contribution is 2.14. The Morgan fingerprint density at radius 2 is 2.00 bits per heavy atom. The number of carbonyl (C=O) groups excluding carboxylic acids is 1. The molecule has 0 saturated heterocycles. The third kappa shape index (κ3) is 3.86. The standard InChI is InChI=1S/C12H18N4O/c1-4-9(2)16(3)15-14-11-7-5-10(6-8-11)12(13)17/h5-9H,4H2,1-3H3,(H2,13,17). The second-order valence-electron chi connectivity index (χ2n) is 3.93. The summed E-state index contributed by atoms with van der Waals surface area (Å²) < 4.78 is 0. The maximum Gasteiger partial charge on any atom is 0.248 e. The Kier molecular flexibility index (Phi) is 4.63. The van der Waals surface area contributed by atoms with E-state index in [1.54, 1.807) is 24.3 Å². The predicted molar refractivity (Wildman–Crippen MR) is 67.0 cm³/mol. The minimum Gasteiger partial charge on any atom is -0.366 e. The number of benzene rings is 1. The second kappa shape index (κ2) is 5.98. The first-order valence-electron chi connectivity index (χ1n) is 5.59. The number of amides is 1. The maximum absolute atomic E-state index is 10.9. The molecule has 0 aliphatic carbocycles. The molecule has 1 atom stereocenters. The highest BCUT2D eigenvalue weighted by Gasteiger charge is 2.03. The van der Waals surface area contributed by atoms with Gasteiger partial charge in [-0.25, -0.2) is 0 Å². The second-order valence-corrected chi connectivity index (χ2v) is 3.93. The average molecular weight is 234 g/mol. The van der Waals surface area contributed by atoms with Crippen molar-refractivity contribution in [3.63, 3.8) is 0 Å². The summed E-state index contributed by atoms with van der Waals surface area (Å²) in [5.74, 6) is -0.440. The van der Waals surface area contributed by atoms with E-state index < -0.39 is 5.91 Å². The molecule has 92 valence electrons. The van der Waals surface area contributed by atoms with Crippen molar-refractivity contribution in [3.05, 3.63) is 29.8 Å². The smallest absolute Gasteiger partial charge is 0.248 e. The lowest BCUT2D eigenvalue weighted by atomic mass is 10.2. The van der Waals surface area contributed by atoms with Gasteiger partial charge < -0.3 is 5.73 Å². The molecule has 0 aliphatic rings. The van der Waals surface area contributed by atoms with Crippen molar-refractivity contribution in [1.29, 1.82) is 0 Å². The van der Waals surface area contributed by atoms with Gasteiger partial charge in [0.25, 0.3) is 0 Å². The Morgan fingerprint density at radius 1 is 1.41 bits per heavy atom. The van der Waals surface area contributed by atoms with E-state index in [-0.39, 0.29) is 0 Å². The molecule has 0 aromatic heterocycles. The molecule has 0 heterocycles. The van der Waals surface area contributed by atoms with E-state index in [1.165, 1.54) is 0 Å². The van der Waals surface area contributed by atoms with Crippen molar-refractivity contribution in [2.75, 3.05) is 7.05 Å². The largest absolute Gasteiger partial charge is 0.366 e. The van der Waals surface area contributed by atoms with Gasteiger partial charge in [-0.2, -0.15) is 0 Å². The minimum atomic E-state index is -0.440. The van der Waals surface area contributed by atoms with E-state index in [4.69, 9.17) is 5.73 Å². The van der Waals surface area contributed by atoms with Gasteiger partial charge in [0.15, 0.2) is 0 Å². The van der Waals surface area contributed by atoms with E-state index in [9.17, 15) is 4.79 Å². The van der Waals surface area contributed by atoms with Crippen molar-refractivity contribution < 1.29 is 4.79 Å². The van der Waals surface area contributed by atoms with Gasteiger partial charge in [0.1, 0.15) is 0 Å². The summed E-state index contributed by atoms with van der Waals surface area (Å²) in [4.78, 5) is 10.9. The number of primary amides is 1. The Morgan fingerprint density at radius 3 is 2.47 bits per heavy atom. The zero-order chi connectivity index (χ0) is 12.8. The molecule has 0 saturated carbocycles. The van der Waals surface area contributed by atoms with Crippen LogP contribution >= 0.6 is 0 Å². The lowest BCUT2D eigenvalue weighted by molar-refractivity contribution is 0.100. The van der Waals surface area contributed by atoms with Crippen molar-refractivity contribution >= 4 is 11.6 Å². The van der Waals surface area contributed by atoms with Crippen LogP contribution in [0.4, 0.5) is 5.69 Å². The van der Waals surface area contributed by atoms with Crippen molar-refractivity contribution in [3.8, 4) is 0 Å². The van der Waals surface area contributed by atoms with Crippen LogP contribution in [0, 0.1) is 0 Å². The molecule has 17 heavy (non-hydrogen) atoms. The van der Waals surface area contributed by atoms with Crippen LogP contribution in [-0.4, -0.2) is 24.0 Å². The number of nitrogens with zero attached hydrogens (tertiary/aromatic N) is 3. The summed E-state index contributed by atoms with van der Waals surface area (Å²) in [5.41, 5.74) is 6.31. The lowest BCUT2D eigenvalue weighted by Crippen LogP contribution is -2.22. The van der Waals surface area contributed by atoms with Crippen LogP contribution in [0.2, 0.25) is 0 Å². The SMILES string of the molecule is CCC(C)N(C)N=Nc1ccc(C(N)=O)cc1. The van der Waals surface area contributed by atoms with Crippen LogP contribution < -0.4 is 5.73 Å². The Bertz CT molecular complexity index is 399. The van der Waals surface area contributed by atoms with Gasteiger partial charge in [-0.15, -0.1) is 5.11 Å². The fourth-order valence-corrected chi connectivity index (χ4v) is 1.17. The van der Waals surface area contributed by atoms with Gasteiger partial charge >= 0.3 is 0 Å². The summed E-state index contributed by atoms with van der Waals surface area (Å²) in [7, 11) is 1.88. The summed E-state index contributed by atoms with van der Waals surface area (Å²) in [6.07, 6.45) is 1.01. The first-order valence-corrected chi connectivity index (χ1v) is 5.59. The molecule has 1 aromatic rings. The fraction of sp³-hybridized carbons (Fsp3) is 0.417. The molecule has 5 nitrogen and oxygen atoms in total. The molecule has 1 amide bonds. The molecular formula is C12H18N4O. The van der Waals surface area contributed by atoms with E-state index in [2.05, 4.69) is 24.2 Å². The van der Waals surface area contributed by atoms with Crippen molar-refractivity contribution in [2.24, 2.45) is 16.1 Å². The van der Waals surface area contributed by atoms with Crippen molar-refractivity contribution in [1.82, 2.24) is 5.01 Å². The Balaban J connectivity index is 2.69. The first-order chi connectivity index (χ1) is 8.04. The number of hydrogen-bond donors (Lipinski definition) is 1. The van der Waals surface area contributed by atoms with Crippen LogP contribution in [0.15, 0.2) is 34.6 Å². The lowest BCUT2D eigenvalue weighted by Gasteiger charge is -2.18. The predicted octanol–water partition coefficient (Wildman–Crippen LogP) is 2.51. The van der Waals surface area contributed by atoms with Crippen LogP contribution in [0.3, 0.4) is 0 Å². The van der Waals surface area contributed by atoms with Crippen LogP contribution in [0.25, 0.3) is 0 Å². The molecular weight excluding hydrogens is 216 g/mol. The molecule has 0 spiro atoms. The molecule has 1 unspecified atom stereocenters. The van der Waals surface area contributed by atoms with Gasteiger partial charge in [-0.05, 0) is 37.6 Å². The summed E-state index contributed by atoms with van der Waals surface area (Å²) in [6.45, 7) is 4.17. The molecule has 0 bridgehead atoms. The molecule has 1 rings (SSSR count). The zero-order valence-electron chi connectivity index (χ0n) is 10.4. The quantitative estimate of drug-likeness (QED) is 0.628. The van der Waals surface area contributed by atoms with E-state index in [1.807, 2.05) is 12.1 Å². The third-order valence-corrected chi connectivity index (χ3v) is 2.68. The van der Waals surface area contributed by atoms with Gasteiger partial charge in [0.2, 0.25) is 5.91 Å². The fourth-order valence-electron chi connectivity index (χ4n) is 1.17. The molecule has 5 heteroatoms. The first kappa shape index (κ1) is 13.2. The molecule has 0 radical (unpaired) electrons. The Hall–Kier alpha value is -1.91. The van der Waals surface area contributed by atoms with Gasteiger partial charge in [-0.3, -0.25) is 9.80 Å². The van der Waals surface area contributed by atoms with E-state index in [0.29, 0.717) is 17.3 Å². The summed E-state index contributed by atoms with van der Waals surface area (Å²) >= 11 is 0.